The number of rotatable bonds is 3. The van der Waals surface area contributed by atoms with Gasteiger partial charge in [0.25, 0.3) is 5.91 Å². The van der Waals surface area contributed by atoms with Gasteiger partial charge in [0, 0.05) is 17.8 Å². The standard InChI is InChI=1S/C18H20FNO3S/c1-12(17(21)20-8-4-2-3-5-9-20)23-18(22)16-11-13-10-14(19)6-7-15(13)24-16/h6-7,10-12H,2-5,8-9H2,1H3/t12-/m0/s1. The molecule has 1 amide bonds. The summed E-state index contributed by atoms with van der Waals surface area (Å²) in [5, 5.41) is 0.665. The van der Waals surface area contributed by atoms with Gasteiger partial charge in [-0.2, -0.15) is 0 Å². The van der Waals surface area contributed by atoms with Crippen molar-refractivity contribution in [3.63, 3.8) is 0 Å². The lowest BCUT2D eigenvalue weighted by molar-refractivity contribution is -0.139. The van der Waals surface area contributed by atoms with Crippen LogP contribution in [0.2, 0.25) is 0 Å². The van der Waals surface area contributed by atoms with Gasteiger partial charge >= 0.3 is 5.97 Å². The molecule has 0 radical (unpaired) electrons. The van der Waals surface area contributed by atoms with Gasteiger partial charge in [-0.15, -0.1) is 11.3 Å². The fourth-order valence-corrected chi connectivity index (χ4v) is 3.86. The zero-order valence-corrected chi connectivity index (χ0v) is 14.4. The second-order valence-electron chi connectivity index (χ2n) is 6.08. The molecular weight excluding hydrogens is 329 g/mol. The van der Waals surface area contributed by atoms with Crippen LogP contribution in [0.3, 0.4) is 0 Å². The molecule has 0 aliphatic carbocycles. The number of fused-ring (bicyclic) bond motifs is 1. The summed E-state index contributed by atoms with van der Waals surface area (Å²) >= 11 is 1.24. The van der Waals surface area contributed by atoms with Gasteiger partial charge in [0.2, 0.25) is 0 Å². The molecule has 2 heterocycles. The van der Waals surface area contributed by atoms with Crippen LogP contribution < -0.4 is 0 Å². The quantitative estimate of drug-likeness (QED) is 0.787. The zero-order chi connectivity index (χ0) is 17.1. The van der Waals surface area contributed by atoms with Crippen LogP contribution in [0.1, 0.15) is 42.3 Å². The minimum atomic E-state index is -0.808. The number of benzene rings is 1. The largest absolute Gasteiger partial charge is 0.448 e. The number of esters is 1. The van der Waals surface area contributed by atoms with Crippen LogP contribution in [0.4, 0.5) is 4.39 Å². The van der Waals surface area contributed by atoms with Crippen molar-refractivity contribution >= 4 is 33.3 Å². The first-order chi connectivity index (χ1) is 11.5. The minimum Gasteiger partial charge on any atom is -0.448 e. The van der Waals surface area contributed by atoms with Crippen LogP contribution in [-0.4, -0.2) is 36.0 Å². The maximum Gasteiger partial charge on any atom is 0.349 e. The summed E-state index contributed by atoms with van der Waals surface area (Å²) in [6.45, 7) is 3.06. The number of nitrogens with zero attached hydrogens (tertiary/aromatic N) is 1. The van der Waals surface area contributed by atoms with E-state index in [0.717, 1.165) is 43.5 Å². The third-order valence-electron chi connectivity index (χ3n) is 4.23. The molecule has 0 bridgehead atoms. The summed E-state index contributed by atoms with van der Waals surface area (Å²) in [6, 6.07) is 5.99. The number of amides is 1. The zero-order valence-electron chi connectivity index (χ0n) is 13.6. The van der Waals surface area contributed by atoms with E-state index in [9.17, 15) is 14.0 Å². The SMILES string of the molecule is C[C@H](OC(=O)c1cc2cc(F)ccc2s1)C(=O)N1CCCCCC1. The second kappa shape index (κ2) is 7.30. The normalized spacial score (nSPS) is 16.7. The Labute approximate surface area is 144 Å². The van der Waals surface area contributed by atoms with E-state index in [2.05, 4.69) is 0 Å². The molecule has 24 heavy (non-hydrogen) atoms. The summed E-state index contributed by atoms with van der Waals surface area (Å²) < 4.78 is 19.4. The van der Waals surface area contributed by atoms with Gasteiger partial charge < -0.3 is 9.64 Å². The van der Waals surface area contributed by atoms with Crippen molar-refractivity contribution in [1.82, 2.24) is 4.90 Å². The van der Waals surface area contributed by atoms with Crippen molar-refractivity contribution in [3.05, 3.63) is 35.0 Å². The summed E-state index contributed by atoms with van der Waals surface area (Å²) in [6.07, 6.45) is 3.45. The molecular formula is C18H20FNO3S. The Balaban J connectivity index is 1.67. The molecule has 6 heteroatoms. The molecule has 0 spiro atoms. The molecule has 1 atom stereocenters. The fraction of sp³-hybridized carbons (Fsp3) is 0.444. The summed E-state index contributed by atoms with van der Waals surface area (Å²) in [7, 11) is 0. The highest BCUT2D eigenvalue weighted by atomic mass is 32.1. The molecule has 128 valence electrons. The highest BCUT2D eigenvalue weighted by Crippen LogP contribution is 2.27. The Hall–Kier alpha value is -1.95. The molecule has 1 aliphatic rings. The third-order valence-corrected chi connectivity index (χ3v) is 5.32. The molecule has 0 unspecified atom stereocenters. The molecule has 1 fully saturated rings. The molecule has 1 aromatic carbocycles. The van der Waals surface area contributed by atoms with Gasteiger partial charge in [-0.05, 0) is 49.4 Å². The maximum atomic E-state index is 13.2. The topological polar surface area (TPSA) is 46.6 Å². The van der Waals surface area contributed by atoms with Crippen LogP contribution in [0, 0.1) is 5.82 Å². The van der Waals surface area contributed by atoms with Gasteiger partial charge in [0.05, 0.1) is 0 Å². The number of carbonyl (C=O) groups is 2. The number of likely N-dealkylation sites (tertiary alicyclic amines) is 1. The first-order valence-corrected chi connectivity index (χ1v) is 9.05. The molecule has 0 N–H and O–H groups in total. The Bertz CT molecular complexity index is 750. The average molecular weight is 349 g/mol. The molecule has 1 aromatic heterocycles. The van der Waals surface area contributed by atoms with E-state index in [0.29, 0.717) is 10.3 Å². The van der Waals surface area contributed by atoms with Gasteiger partial charge in [-0.3, -0.25) is 4.79 Å². The lowest BCUT2D eigenvalue weighted by Gasteiger charge is -2.23. The van der Waals surface area contributed by atoms with Crippen LogP contribution in [-0.2, 0) is 9.53 Å². The first-order valence-electron chi connectivity index (χ1n) is 8.23. The lowest BCUT2D eigenvalue weighted by Crippen LogP contribution is -2.40. The minimum absolute atomic E-state index is 0.141. The lowest BCUT2D eigenvalue weighted by atomic mass is 10.2. The Kier molecular flexibility index (Phi) is 5.14. The summed E-state index contributed by atoms with van der Waals surface area (Å²) in [5.41, 5.74) is 0. The monoisotopic (exact) mass is 349 g/mol. The third kappa shape index (κ3) is 3.75. The van der Waals surface area contributed by atoms with Crippen molar-refractivity contribution in [1.29, 1.82) is 0 Å². The van der Waals surface area contributed by atoms with Crippen molar-refractivity contribution < 1.29 is 18.7 Å². The Morgan fingerprint density at radius 3 is 2.58 bits per heavy atom. The van der Waals surface area contributed by atoms with Crippen molar-refractivity contribution in [3.8, 4) is 0 Å². The highest BCUT2D eigenvalue weighted by Gasteiger charge is 2.25. The van der Waals surface area contributed by atoms with E-state index < -0.39 is 12.1 Å². The smallest absolute Gasteiger partial charge is 0.349 e. The van der Waals surface area contributed by atoms with Gasteiger partial charge in [-0.25, -0.2) is 9.18 Å². The van der Waals surface area contributed by atoms with Crippen LogP contribution >= 0.6 is 11.3 Å². The average Bonchev–Trinajstić information content (AvgIpc) is 2.79. The molecule has 2 aromatic rings. The van der Waals surface area contributed by atoms with E-state index in [-0.39, 0.29) is 11.7 Å². The van der Waals surface area contributed by atoms with Gasteiger partial charge in [-0.1, -0.05) is 12.8 Å². The Morgan fingerprint density at radius 1 is 1.17 bits per heavy atom. The van der Waals surface area contributed by atoms with Crippen molar-refractivity contribution in [2.75, 3.05) is 13.1 Å². The Morgan fingerprint density at radius 2 is 1.88 bits per heavy atom. The summed E-state index contributed by atoms with van der Waals surface area (Å²) in [4.78, 5) is 26.9. The second-order valence-corrected chi connectivity index (χ2v) is 7.16. The van der Waals surface area contributed by atoms with Gasteiger partial charge in [0.15, 0.2) is 6.10 Å². The number of ether oxygens (including phenoxy) is 1. The predicted molar refractivity (Wildman–Crippen MR) is 91.7 cm³/mol. The number of halogens is 1. The van der Waals surface area contributed by atoms with E-state index in [1.54, 1.807) is 24.0 Å². The molecule has 3 rings (SSSR count). The van der Waals surface area contributed by atoms with E-state index >= 15 is 0 Å². The van der Waals surface area contributed by atoms with Crippen LogP contribution in [0.5, 0.6) is 0 Å². The number of hydrogen-bond donors (Lipinski definition) is 0. The highest BCUT2D eigenvalue weighted by molar-refractivity contribution is 7.20. The fourth-order valence-electron chi connectivity index (χ4n) is 2.93. The van der Waals surface area contributed by atoms with Crippen molar-refractivity contribution in [2.24, 2.45) is 0 Å². The van der Waals surface area contributed by atoms with E-state index in [1.165, 1.54) is 23.5 Å². The van der Waals surface area contributed by atoms with Crippen LogP contribution in [0.15, 0.2) is 24.3 Å². The molecule has 4 nitrogen and oxygen atoms in total. The molecule has 0 saturated carbocycles. The predicted octanol–water partition coefficient (Wildman–Crippen LogP) is 3.99. The number of thiophene rings is 1. The van der Waals surface area contributed by atoms with E-state index in [1.807, 2.05) is 0 Å². The number of hydrogen-bond acceptors (Lipinski definition) is 4. The summed E-state index contributed by atoms with van der Waals surface area (Å²) in [5.74, 6) is -1.02. The number of carbonyl (C=O) groups excluding carboxylic acids is 2. The molecule has 1 aliphatic heterocycles. The van der Waals surface area contributed by atoms with Crippen LogP contribution in [0.25, 0.3) is 10.1 Å². The van der Waals surface area contributed by atoms with Gasteiger partial charge in [0.1, 0.15) is 10.7 Å². The molecule has 1 saturated heterocycles. The first kappa shape index (κ1) is 16.9. The maximum absolute atomic E-state index is 13.2. The van der Waals surface area contributed by atoms with E-state index in [4.69, 9.17) is 4.74 Å². The van der Waals surface area contributed by atoms with Crippen molar-refractivity contribution in [2.45, 2.75) is 38.7 Å².